The first-order valence-corrected chi connectivity index (χ1v) is 10.8. The van der Waals surface area contributed by atoms with Gasteiger partial charge in [0.2, 0.25) is 0 Å². The van der Waals surface area contributed by atoms with E-state index in [-0.39, 0.29) is 5.97 Å². The minimum atomic E-state index is -0.250. The SMILES string of the molecule is CCCCCCCCCCCCCCCCOC(=O)c1ccc(N)cc1. The monoisotopic (exact) mass is 361 g/mol. The fourth-order valence-electron chi connectivity index (χ4n) is 3.16. The summed E-state index contributed by atoms with van der Waals surface area (Å²) in [6, 6.07) is 6.87. The second kappa shape index (κ2) is 15.7. The maximum Gasteiger partial charge on any atom is 0.338 e. The Labute approximate surface area is 160 Å². The number of ether oxygens (including phenoxy) is 1. The lowest BCUT2D eigenvalue weighted by Crippen LogP contribution is -2.06. The highest BCUT2D eigenvalue weighted by Crippen LogP contribution is 2.13. The first-order chi connectivity index (χ1) is 12.7. The molecule has 0 atom stereocenters. The van der Waals surface area contributed by atoms with Crippen LogP contribution in [-0.4, -0.2) is 12.6 Å². The van der Waals surface area contributed by atoms with Gasteiger partial charge in [-0.15, -0.1) is 0 Å². The molecule has 3 nitrogen and oxygen atoms in total. The molecule has 0 bridgehead atoms. The van der Waals surface area contributed by atoms with Crippen molar-refractivity contribution in [3.8, 4) is 0 Å². The number of anilines is 1. The molecular weight excluding hydrogens is 322 g/mol. The fraction of sp³-hybridized carbons (Fsp3) is 0.696. The van der Waals surface area contributed by atoms with Crippen molar-refractivity contribution >= 4 is 11.7 Å². The van der Waals surface area contributed by atoms with Crippen LogP contribution in [0.1, 0.15) is 107 Å². The highest BCUT2D eigenvalue weighted by Gasteiger charge is 2.05. The summed E-state index contributed by atoms with van der Waals surface area (Å²) in [5, 5.41) is 0. The Bertz CT molecular complexity index is 456. The first kappa shape index (κ1) is 22.5. The molecule has 0 aliphatic carbocycles. The number of unbranched alkanes of at least 4 members (excludes halogenated alkanes) is 13. The van der Waals surface area contributed by atoms with E-state index in [9.17, 15) is 4.79 Å². The molecule has 0 aliphatic rings. The molecule has 0 fully saturated rings. The van der Waals surface area contributed by atoms with Gasteiger partial charge in [0.15, 0.2) is 0 Å². The molecule has 3 heteroatoms. The number of hydrogen-bond donors (Lipinski definition) is 1. The predicted octanol–water partition coefficient (Wildman–Crippen LogP) is 6.91. The van der Waals surface area contributed by atoms with Crippen LogP contribution in [0, 0.1) is 0 Å². The van der Waals surface area contributed by atoms with Crippen LogP contribution in [0.15, 0.2) is 24.3 Å². The van der Waals surface area contributed by atoms with E-state index in [4.69, 9.17) is 10.5 Å². The Balaban J connectivity index is 1.82. The van der Waals surface area contributed by atoms with Crippen molar-refractivity contribution in [3.05, 3.63) is 29.8 Å². The van der Waals surface area contributed by atoms with E-state index in [1.165, 1.54) is 77.0 Å². The molecule has 0 unspecified atom stereocenters. The van der Waals surface area contributed by atoms with Crippen LogP contribution >= 0.6 is 0 Å². The number of nitrogens with two attached hydrogens (primary N) is 1. The van der Waals surface area contributed by atoms with Crippen LogP contribution in [0.25, 0.3) is 0 Å². The lowest BCUT2D eigenvalue weighted by Gasteiger charge is -2.05. The third-order valence-electron chi connectivity index (χ3n) is 4.88. The van der Waals surface area contributed by atoms with E-state index in [2.05, 4.69) is 6.92 Å². The zero-order chi connectivity index (χ0) is 18.9. The minimum Gasteiger partial charge on any atom is -0.462 e. The molecule has 0 saturated heterocycles. The quantitative estimate of drug-likeness (QED) is 0.198. The van der Waals surface area contributed by atoms with E-state index in [1.54, 1.807) is 24.3 Å². The summed E-state index contributed by atoms with van der Waals surface area (Å²) >= 11 is 0. The van der Waals surface area contributed by atoms with E-state index in [0.717, 1.165) is 12.8 Å². The van der Waals surface area contributed by atoms with Crippen LogP contribution in [0.3, 0.4) is 0 Å². The minimum absolute atomic E-state index is 0.250. The number of esters is 1. The maximum atomic E-state index is 11.8. The van der Waals surface area contributed by atoms with Gasteiger partial charge in [-0.3, -0.25) is 0 Å². The molecule has 26 heavy (non-hydrogen) atoms. The average molecular weight is 362 g/mol. The number of benzene rings is 1. The Morgan fingerprint density at radius 3 is 1.62 bits per heavy atom. The molecular formula is C23H39NO2. The highest BCUT2D eigenvalue weighted by atomic mass is 16.5. The second-order valence-corrected chi connectivity index (χ2v) is 7.35. The first-order valence-electron chi connectivity index (χ1n) is 10.8. The lowest BCUT2D eigenvalue weighted by molar-refractivity contribution is 0.0497. The third-order valence-corrected chi connectivity index (χ3v) is 4.88. The van der Waals surface area contributed by atoms with Gasteiger partial charge in [0.1, 0.15) is 0 Å². The largest absolute Gasteiger partial charge is 0.462 e. The van der Waals surface area contributed by atoms with E-state index in [1.807, 2.05) is 0 Å². The molecule has 0 heterocycles. The summed E-state index contributed by atoms with van der Waals surface area (Å²) in [7, 11) is 0. The number of nitrogen functional groups attached to an aromatic ring is 1. The van der Waals surface area contributed by atoms with Crippen LogP contribution < -0.4 is 5.73 Å². The van der Waals surface area contributed by atoms with Crippen molar-refractivity contribution in [1.82, 2.24) is 0 Å². The molecule has 0 radical (unpaired) electrons. The van der Waals surface area contributed by atoms with Gasteiger partial charge in [-0.1, -0.05) is 90.4 Å². The van der Waals surface area contributed by atoms with Gasteiger partial charge in [-0.2, -0.15) is 0 Å². The fourth-order valence-corrected chi connectivity index (χ4v) is 3.16. The normalized spacial score (nSPS) is 10.8. The van der Waals surface area contributed by atoms with E-state index in [0.29, 0.717) is 17.9 Å². The van der Waals surface area contributed by atoms with Crippen molar-refractivity contribution in [2.45, 2.75) is 96.8 Å². The van der Waals surface area contributed by atoms with E-state index < -0.39 is 0 Å². The van der Waals surface area contributed by atoms with Crippen LogP contribution in [0.4, 0.5) is 5.69 Å². The zero-order valence-corrected chi connectivity index (χ0v) is 16.8. The van der Waals surface area contributed by atoms with Crippen molar-refractivity contribution in [1.29, 1.82) is 0 Å². The van der Waals surface area contributed by atoms with Crippen LogP contribution in [-0.2, 0) is 4.74 Å². The molecule has 0 saturated carbocycles. The third kappa shape index (κ3) is 11.9. The predicted molar refractivity (Wildman–Crippen MR) is 111 cm³/mol. The van der Waals surface area contributed by atoms with Gasteiger partial charge >= 0.3 is 5.97 Å². The molecule has 2 N–H and O–H groups in total. The van der Waals surface area contributed by atoms with Crippen LogP contribution in [0.5, 0.6) is 0 Å². The summed E-state index contributed by atoms with van der Waals surface area (Å²) in [6.45, 7) is 2.79. The smallest absolute Gasteiger partial charge is 0.338 e. The van der Waals surface area contributed by atoms with Gasteiger partial charge in [0.05, 0.1) is 12.2 Å². The Kier molecular flexibility index (Phi) is 13.6. The van der Waals surface area contributed by atoms with Gasteiger partial charge in [-0.05, 0) is 30.7 Å². The van der Waals surface area contributed by atoms with Gasteiger partial charge in [0.25, 0.3) is 0 Å². The molecule has 1 aromatic rings. The van der Waals surface area contributed by atoms with Crippen molar-refractivity contribution in [2.75, 3.05) is 12.3 Å². The number of hydrogen-bond acceptors (Lipinski definition) is 3. The summed E-state index contributed by atoms with van der Waals surface area (Å²) in [4.78, 5) is 11.8. The van der Waals surface area contributed by atoms with Gasteiger partial charge in [-0.25, -0.2) is 4.79 Å². The molecule has 1 aromatic carbocycles. The Hall–Kier alpha value is -1.51. The topological polar surface area (TPSA) is 52.3 Å². The number of carbonyl (C=O) groups excluding carboxylic acids is 1. The molecule has 0 aliphatic heterocycles. The van der Waals surface area contributed by atoms with Gasteiger partial charge < -0.3 is 10.5 Å². The summed E-state index contributed by atoms with van der Waals surface area (Å²) in [6.07, 6.45) is 18.6. The maximum absolute atomic E-state index is 11.8. The molecule has 0 amide bonds. The summed E-state index contributed by atoms with van der Waals surface area (Å²) in [5.41, 5.74) is 6.84. The van der Waals surface area contributed by atoms with Crippen molar-refractivity contribution in [3.63, 3.8) is 0 Å². The van der Waals surface area contributed by atoms with Crippen LogP contribution in [0.2, 0.25) is 0 Å². The van der Waals surface area contributed by atoms with E-state index >= 15 is 0 Å². The molecule has 0 aromatic heterocycles. The summed E-state index contributed by atoms with van der Waals surface area (Å²) in [5.74, 6) is -0.250. The highest BCUT2D eigenvalue weighted by molar-refractivity contribution is 5.89. The Morgan fingerprint density at radius 1 is 0.731 bits per heavy atom. The molecule has 0 spiro atoms. The zero-order valence-electron chi connectivity index (χ0n) is 16.8. The standard InChI is InChI=1S/C23H39NO2/c1-2-3-4-5-6-7-8-9-10-11-12-13-14-15-20-26-23(25)21-16-18-22(24)19-17-21/h16-19H,2-15,20,24H2,1H3. The Morgan fingerprint density at radius 2 is 1.15 bits per heavy atom. The second-order valence-electron chi connectivity index (χ2n) is 7.35. The molecule has 1 rings (SSSR count). The average Bonchev–Trinajstić information content (AvgIpc) is 2.65. The molecule has 148 valence electrons. The van der Waals surface area contributed by atoms with Crippen molar-refractivity contribution < 1.29 is 9.53 Å². The van der Waals surface area contributed by atoms with Gasteiger partial charge in [0, 0.05) is 5.69 Å². The number of carbonyl (C=O) groups is 1. The van der Waals surface area contributed by atoms with Crippen molar-refractivity contribution in [2.24, 2.45) is 0 Å². The number of rotatable bonds is 16. The lowest BCUT2D eigenvalue weighted by atomic mass is 10.0. The summed E-state index contributed by atoms with van der Waals surface area (Å²) < 4.78 is 5.30.